The molecule has 0 spiro atoms. The van der Waals surface area contributed by atoms with E-state index in [0.717, 1.165) is 47.0 Å². The molecule has 7 heteroatoms. The van der Waals surface area contributed by atoms with Gasteiger partial charge < -0.3 is 19.5 Å². The summed E-state index contributed by atoms with van der Waals surface area (Å²) in [6.45, 7) is 7.72. The van der Waals surface area contributed by atoms with Crippen LogP contribution in [0.5, 0.6) is 0 Å². The fourth-order valence-electron chi connectivity index (χ4n) is 3.96. The van der Waals surface area contributed by atoms with Crippen molar-refractivity contribution < 1.29 is 9.53 Å². The summed E-state index contributed by atoms with van der Waals surface area (Å²) < 4.78 is 7.76. The number of halogens is 1. The average molecular weight is 441 g/mol. The third kappa shape index (κ3) is 5.13. The number of fused-ring (bicyclic) bond motifs is 1. The lowest BCUT2D eigenvalue weighted by atomic mass is 10.2. The van der Waals surface area contributed by atoms with E-state index in [4.69, 9.17) is 21.3 Å². The quantitative estimate of drug-likeness (QED) is 0.565. The van der Waals surface area contributed by atoms with Crippen LogP contribution < -0.4 is 5.32 Å². The van der Waals surface area contributed by atoms with Crippen LogP contribution in [-0.2, 0) is 11.3 Å². The van der Waals surface area contributed by atoms with Gasteiger partial charge in [-0.25, -0.2) is 9.78 Å². The summed E-state index contributed by atoms with van der Waals surface area (Å²) >= 11 is 6.05. The summed E-state index contributed by atoms with van der Waals surface area (Å²) in [6.07, 6.45) is 1.68. The van der Waals surface area contributed by atoms with E-state index in [1.54, 1.807) is 0 Å². The number of ether oxygens (including phenoxy) is 1. The van der Waals surface area contributed by atoms with E-state index in [9.17, 15) is 4.79 Å². The minimum atomic E-state index is -0.496. The number of carbonyl (C=O) groups excluding carboxylic acids is 1. The van der Waals surface area contributed by atoms with E-state index >= 15 is 0 Å². The standard InChI is InChI=1S/C24H29ClN4O2/c1-24(2,3)31-23(30)28-14-6-7-19(28)15-26-22-27-20-8-4-5-9-21(20)29(22)16-17-10-12-18(25)13-11-17/h4-5,8-13,19H,6-7,14-16H2,1-3H3,(H,26,27)/t19-/m1/s1. The summed E-state index contributed by atoms with van der Waals surface area (Å²) in [4.78, 5) is 19.2. The molecule has 1 aliphatic rings. The van der Waals surface area contributed by atoms with Crippen LogP contribution in [0.3, 0.4) is 0 Å². The molecule has 0 saturated carbocycles. The minimum Gasteiger partial charge on any atom is -0.444 e. The first-order chi connectivity index (χ1) is 14.8. The molecule has 0 radical (unpaired) electrons. The number of amides is 1. The van der Waals surface area contributed by atoms with Gasteiger partial charge in [-0.2, -0.15) is 0 Å². The first-order valence-electron chi connectivity index (χ1n) is 10.7. The Labute approximate surface area is 188 Å². The van der Waals surface area contributed by atoms with E-state index < -0.39 is 5.60 Å². The largest absolute Gasteiger partial charge is 0.444 e. The Morgan fingerprint density at radius 3 is 2.68 bits per heavy atom. The van der Waals surface area contributed by atoms with Crippen LogP contribution in [0.2, 0.25) is 5.02 Å². The predicted molar refractivity (Wildman–Crippen MR) is 125 cm³/mol. The van der Waals surface area contributed by atoms with Gasteiger partial charge in [-0.1, -0.05) is 35.9 Å². The number of hydrogen-bond acceptors (Lipinski definition) is 4. The molecule has 0 unspecified atom stereocenters. The van der Waals surface area contributed by atoms with E-state index in [1.807, 2.05) is 68.1 Å². The average Bonchev–Trinajstić information content (AvgIpc) is 3.32. The highest BCUT2D eigenvalue weighted by Gasteiger charge is 2.32. The van der Waals surface area contributed by atoms with Gasteiger partial charge >= 0.3 is 6.09 Å². The highest BCUT2D eigenvalue weighted by atomic mass is 35.5. The van der Waals surface area contributed by atoms with Crippen molar-refractivity contribution in [2.24, 2.45) is 0 Å². The molecule has 2 aromatic carbocycles. The number of imidazole rings is 1. The topological polar surface area (TPSA) is 59.4 Å². The number of nitrogens with zero attached hydrogens (tertiary/aromatic N) is 3. The van der Waals surface area contributed by atoms with Crippen molar-refractivity contribution in [2.45, 2.75) is 51.8 Å². The molecular weight excluding hydrogens is 412 g/mol. The normalized spacial score (nSPS) is 16.6. The molecule has 1 aliphatic heterocycles. The SMILES string of the molecule is CC(C)(C)OC(=O)N1CCC[C@@H]1CNc1nc2ccccc2n1Cc1ccc(Cl)cc1. The van der Waals surface area contributed by atoms with Gasteiger partial charge in [0.25, 0.3) is 0 Å². The van der Waals surface area contributed by atoms with E-state index in [0.29, 0.717) is 13.1 Å². The second-order valence-electron chi connectivity index (χ2n) is 8.99. The van der Waals surface area contributed by atoms with Crippen LogP contribution in [0.1, 0.15) is 39.2 Å². The second kappa shape index (κ2) is 8.79. The zero-order chi connectivity index (χ0) is 22.0. The summed E-state index contributed by atoms with van der Waals surface area (Å²) in [7, 11) is 0. The van der Waals surface area contributed by atoms with Gasteiger partial charge in [-0.3, -0.25) is 0 Å². The molecule has 164 valence electrons. The van der Waals surface area contributed by atoms with E-state index in [1.165, 1.54) is 0 Å². The first-order valence-corrected chi connectivity index (χ1v) is 11.1. The zero-order valence-electron chi connectivity index (χ0n) is 18.3. The van der Waals surface area contributed by atoms with Gasteiger partial charge in [-0.15, -0.1) is 0 Å². The molecule has 3 aromatic rings. The molecule has 6 nitrogen and oxygen atoms in total. The zero-order valence-corrected chi connectivity index (χ0v) is 19.0. The molecule has 31 heavy (non-hydrogen) atoms. The van der Waals surface area contributed by atoms with Gasteiger partial charge in [0.1, 0.15) is 5.60 Å². The number of para-hydroxylation sites is 2. The third-order valence-electron chi connectivity index (χ3n) is 5.41. The lowest BCUT2D eigenvalue weighted by Gasteiger charge is -2.28. The molecule has 0 bridgehead atoms. The Morgan fingerprint density at radius 1 is 1.19 bits per heavy atom. The van der Waals surface area contributed by atoms with E-state index in [-0.39, 0.29) is 12.1 Å². The number of nitrogens with one attached hydrogen (secondary N) is 1. The van der Waals surface area contributed by atoms with Gasteiger partial charge in [-0.05, 0) is 63.4 Å². The predicted octanol–water partition coefficient (Wildman–Crippen LogP) is 5.55. The number of hydrogen-bond donors (Lipinski definition) is 1. The molecule has 1 N–H and O–H groups in total. The van der Waals surface area contributed by atoms with Crippen LogP contribution in [0.25, 0.3) is 11.0 Å². The maximum Gasteiger partial charge on any atom is 0.410 e. The maximum absolute atomic E-state index is 12.6. The van der Waals surface area contributed by atoms with Gasteiger partial charge in [0.15, 0.2) is 0 Å². The van der Waals surface area contributed by atoms with Crippen LogP contribution >= 0.6 is 11.6 Å². The smallest absolute Gasteiger partial charge is 0.410 e. The fraction of sp³-hybridized carbons (Fsp3) is 0.417. The van der Waals surface area contributed by atoms with Gasteiger partial charge in [0.05, 0.1) is 23.6 Å². The molecule has 4 rings (SSSR count). The first kappa shape index (κ1) is 21.5. The highest BCUT2D eigenvalue weighted by molar-refractivity contribution is 6.30. The lowest BCUT2D eigenvalue weighted by molar-refractivity contribution is 0.0235. The van der Waals surface area contributed by atoms with Crippen molar-refractivity contribution in [3.8, 4) is 0 Å². The van der Waals surface area contributed by atoms with E-state index in [2.05, 4.69) is 16.0 Å². The van der Waals surface area contributed by atoms with Crippen molar-refractivity contribution in [3.05, 3.63) is 59.1 Å². The number of aromatic nitrogens is 2. The molecule has 2 heterocycles. The maximum atomic E-state index is 12.6. The van der Waals surface area contributed by atoms with Crippen molar-refractivity contribution in [3.63, 3.8) is 0 Å². The van der Waals surface area contributed by atoms with Crippen molar-refractivity contribution in [1.82, 2.24) is 14.5 Å². The monoisotopic (exact) mass is 440 g/mol. The van der Waals surface area contributed by atoms with Crippen LogP contribution in [0.4, 0.5) is 10.7 Å². The molecule has 1 aromatic heterocycles. The number of rotatable bonds is 5. The molecule has 0 aliphatic carbocycles. The summed E-state index contributed by atoms with van der Waals surface area (Å²) in [6, 6.07) is 16.1. The van der Waals surface area contributed by atoms with Crippen molar-refractivity contribution in [2.75, 3.05) is 18.4 Å². The van der Waals surface area contributed by atoms with Crippen molar-refractivity contribution >= 4 is 34.7 Å². The van der Waals surface area contributed by atoms with Crippen LogP contribution in [0.15, 0.2) is 48.5 Å². The Bertz CT molecular complexity index is 1060. The minimum absolute atomic E-state index is 0.0821. The molecule has 1 fully saturated rings. The van der Waals surface area contributed by atoms with Crippen molar-refractivity contribution in [1.29, 1.82) is 0 Å². The summed E-state index contributed by atoms with van der Waals surface area (Å²) in [5.41, 5.74) is 2.65. The summed E-state index contributed by atoms with van der Waals surface area (Å²) in [5.74, 6) is 0.798. The molecular formula is C24H29ClN4O2. The lowest BCUT2D eigenvalue weighted by Crippen LogP contribution is -2.42. The third-order valence-corrected chi connectivity index (χ3v) is 5.66. The van der Waals surface area contributed by atoms with Gasteiger partial charge in [0.2, 0.25) is 5.95 Å². The van der Waals surface area contributed by atoms with Gasteiger partial charge in [0, 0.05) is 18.1 Å². The Hall–Kier alpha value is -2.73. The second-order valence-corrected chi connectivity index (χ2v) is 9.42. The number of anilines is 1. The number of benzene rings is 2. The molecule has 1 atom stereocenters. The van der Waals surface area contributed by atoms with Crippen LogP contribution in [0, 0.1) is 0 Å². The Balaban J connectivity index is 1.53. The Kier molecular flexibility index (Phi) is 6.10. The number of carbonyl (C=O) groups is 1. The van der Waals surface area contributed by atoms with Crippen LogP contribution in [-0.4, -0.2) is 45.3 Å². The number of likely N-dealkylation sites (tertiary alicyclic amines) is 1. The molecule has 1 amide bonds. The summed E-state index contributed by atoms with van der Waals surface area (Å²) in [5, 5.41) is 4.22. The fourth-order valence-corrected chi connectivity index (χ4v) is 4.09. The molecule has 1 saturated heterocycles. The highest BCUT2D eigenvalue weighted by Crippen LogP contribution is 2.24. The Morgan fingerprint density at radius 2 is 1.94 bits per heavy atom.